The number of nitrogens with one attached hydrogen (secondary N) is 1. The van der Waals surface area contributed by atoms with Crippen LogP contribution >= 0.6 is 15.9 Å². The van der Waals surface area contributed by atoms with Crippen molar-refractivity contribution < 1.29 is 9.53 Å². The average molecular weight is 496 g/mol. The Balaban J connectivity index is 1.74. The van der Waals surface area contributed by atoms with Gasteiger partial charge in [-0.1, -0.05) is 43.6 Å². The van der Waals surface area contributed by atoms with Gasteiger partial charge in [-0.3, -0.25) is 9.79 Å². The van der Waals surface area contributed by atoms with Crippen LogP contribution in [0.3, 0.4) is 0 Å². The van der Waals surface area contributed by atoms with Crippen LogP contribution in [0.1, 0.15) is 60.4 Å². The number of nitrogens with zero attached hydrogens (tertiary/aromatic N) is 2. The second-order valence-corrected chi connectivity index (χ2v) is 9.57. The molecule has 0 aliphatic heterocycles. The third-order valence-electron chi connectivity index (χ3n) is 6.52. The van der Waals surface area contributed by atoms with Crippen molar-refractivity contribution in [2.75, 3.05) is 33.3 Å². The van der Waals surface area contributed by atoms with E-state index in [9.17, 15) is 4.79 Å². The molecule has 0 saturated heterocycles. The number of aromatic amines is 1. The Morgan fingerprint density at radius 1 is 1.19 bits per heavy atom. The van der Waals surface area contributed by atoms with Crippen LogP contribution < -0.4 is 4.74 Å². The molecular weight excluding hydrogens is 466 g/mol. The molecule has 0 atom stereocenters. The lowest BCUT2D eigenvalue weighted by molar-refractivity contribution is 0.103. The van der Waals surface area contributed by atoms with Crippen molar-refractivity contribution in [1.82, 2.24) is 9.88 Å². The van der Waals surface area contributed by atoms with E-state index in [0.717, 1.165) is 68.7 Å². The maximum Gasteiger partial charge on any atom is 0.195 e. The Labute approximate surface area is 198 Å². The highest BCUT2D eigenvalue weighted by atomic mass is 79.9. The number of ether oxygens (including phenoxy) is 1. The molecule has 1 N–H and O–H groups in total. The Hall–Kier alpha value is -2.44. The fourth-order valence-electron chi connectivity index (χ4n) is 4.60. The van der Waals surface area contributed by atoms with Gasteiger partial charge in [0.05, 0.1) is 5.56 Å². The fraction of sp³-hybridized carbons (Fsp3) is 0.385. The topological polar surface area (TPSA) is 57.7 Å². The summed E-state index contributed by atoms with van der Waals surface area (Å²) in [6, 6.07) is 9.93. The molecule has 32 heavy (non-hydrogen) atoms. The lowest BCUT2D eigenvalue weighted by Crippen LogP contribution is -2.30. The molecule has 0 saturated carbocycles. The lowest BCUT2D eigenvalue weighted by Gasteiger charge is -2.32. The van der Waals surface area contributed by atoms with Crippen molar-refractivity contribution in [2.45, 2.75) is 33.1 Å². The van der Waals surface area contributed by atoms with Crippen molar-refractivity contribution in [3.8, 4) is 5.75 Å². The molecule has 1 aliphatic carbocycles. The average Bonchev–Trinajstić information content (AvgIpc) is 3.15. The smallest absolute Gasteiger partial charge is 0.195 e. The number of halogens is 1. The number of ketones is 1. The van der Waals surface area contributed by atoms with E-state index in [1.54, 1.807) is 7.05 Å². The second kappa shape index (κ2) is 8.83. The van der Waals surface area contributed by atoms with Gasteiger partial charge in [0.25, 0.3) is 0 Å². The maximum atomic E-state index is 13.6. The van der Waals surface area contributed by atoms with Crippen LogP contribution in [0.5, 0.6) is 5.75 Å². The van der Waals surface area contributed by atoms with E-state index in [0.29, 0.717) is 6.61 Å². The number of likely N-dealkylation sites (N-methyl/N-ethyl adjacent to an activating group) is 1. The number of rotatable bonds is 7. The highest BCUT2D eigenvalue weighted by molar-refractivity contribution is 9.10. The number of aliphatic imine (C=N–C) groups is 1. The zero-order valence-corrected chi connectivity index (χ0v) is 21.0. The molecule has 168 valence electrons. The van der Waals surface area contributed by atoms with Crippen LogP contribution in [0, 0.1) is 0 Å². The third kappa shape index (κ3) is 3.80. The van der Waals surface area contributed by atoms with Gasteiger partial charge in [0.15, 0.2) is 5.78 Å². The highest BCUT2D eigenvalue weighted by Crippen LogP contribution is 2.45. The van der Waals surface area contributed by atoms with Crippen LogP contribution in [0.25, 0.3) is 10.9 Å². The number of benzene rings is 2. The molecule has 0 fully saturated rings. The summed E-state index contributed by atoms with van der Waals surface area (Å²) in [6.07, 6.45) is 1.81. The van der Waals surface area contributed by atoms with Gasteiger partial charge in [0, 0.05) is 57.4 Å². The minimum absolute atomic E-state index is 0.0547. The minimum atomic E-state index is -0.360. The largest absolute Gasteiger partial charge is 0.492 e. The first-order valence-electron chi connectivity index (χ1n) is 11.1. The van der Waals surface area contributed by atoms with Crippen molar-refractivity contribution in [2.24, 2.45) is 4.99 Å². The lowest BCUT2D eigenvalue weighted by atomic mass is 9.71. The number of carbonyl (C=O) groups excluding carboxylic acids is 1. The van der Waals surface area contributed by atoms with Gasteiger partial charge in [-0.05, 0) is 49.0 Å². The molecule has 0 bridgehead atoms. The van der Waals surface area contributed by atoms with Crippen LogP contribution in [-0.4, -0.2) is 55.2 Å². The van der Waals surface area contributed by atoms with E-state index >= 15 is 0 Å². The van der Waals surface area contributed by atoms with Crippen molar-refractivity contribution in [1.29, 1.82) is 0 Å². The van der Waals surface area contributed by atoms with Crippen molar-refractivity contribution in [3.05, 3.63) is 62.8 Å². The van der Waals surface area contributed by atoms with Gasteiger partial charge >= 0.3 is 0 Å². The molecule has 0 amide bonds. The number of hydrogen-bond donors (Lipinski definition) is 1. The first-order valence-corrected chi connectivity index (χ1v) is 11.9. The van der Waals surface area contributed by atoms with Gasteiger partial charge in [-0.25, -0.2) is 0 Å². The molecule has 4 rings (SSSR count). The zero-order valence-electron chi connectivity index (χ0n) is 19.4. The molecule has 2 aromatic carbocycles. The number of fused-ring (bicyclic) bond motifs is 4. The Bertz CT molecular complexity index is 1210. The molecule has 1 aromatic heterocycles. The van der Waals surface area contributed by atoms with Crippen molar-refractivity contribution in [3.63, 3.8) is 0 Å². The quantitative estimate of drug-likeness (QED) is 0.435. The maximum absolute atomic E-state index is 13.6. The van der Waals surface area contributed by atoms with E-state index < -0.39 is 0 Å². The summed E-state index contributed by atoms with van der Waals surface area (Å²) >= 11 is 3.63. The normalized spacial score (nSPS) is 14.9. The fourth-order valence-corrected chi connectivity index (χ4v) is 5.05. The first kappa shape index (κ1) is 22.7. The standard InChI is InChI=1S/C26H30BrN3O2/c1-6-30(7-2)10-11-32-17-8-9-18-20(13-17)26(3,4)25-23(24(18)31)19-14-21(27)16(15-28-5)12-22(19)29-25/h8-9,12-15,29H,6-7,10-11H2,1-5H3/b28-15-. The summed E-state index contributed by atoms with van der Waals surface area (Å²) in [5.41, 5.74) is 5.01. The van der Waals surface area contributed by atoms with E-state index in [1.165, 1.54) is 0 Å². The zero-order chi connectivity index (χ0) is 23.0. The van der Waals surface area contributed by atoms with Crippen LogP contribution in [0.2, 0.25) is 0 Å². The molecular formula is C26H30BrN3O2. The SMILES string of the molecule is CCN(CC)CCOc1ccc2c(c1)C(C)(C)c1[nH]c3cc(/C=N\C)c(Br)cc3c1C2=O. The summed E-state index contributed by atoms with van der Waals surface area (Å²) in [6.45, 7) is 12.2. The number of carbonyl (C=O) groups is 1. The molecule has 1 aliphatic rings. The Kier molecular flexibility index (Phi) is 6.28. The summed E-state index contributed by atoms with van der Waals surface area (Å²) in [7, 11) is 1.75. The minimum Gasteiger partial charge on any atom is -0.492 e. The second-order valence-electron chi connectivity index (χ2n) is 8.72. The predicted molar refractivity (Wildman–Crippen MR) is 135 cm³/mol. The van der Waals surface area contributed by atoms with Gasteiger partial charge in [-0.2, -0.15) is 0 Å². The summed E-state index contributed by atoms with van der Waals surface area (Å²) in [5, 5.41) is 0.934. The summed E-state index contributed by atoms with van der Waals surface area (Å²) in [5.74, 6) is 0.861. The third-order valence-corrected chi connectivity index (χ3v) is 7.20. The molecule has 0 unspecified atom stereocenters. The van der Waals surface area contributed by atoms with Crippen LogP contribution in [0.4, 0.5) is 0 Å². The monoisotopic (exact) mass is 495 g/mol. The van der Waals surface area contributed by atoms with E-state index in [4.69, 9.17) is 4.74 Å². The van der Waals surface area contributed by atoms with Gasteiger partial charge in [0.2, 0.25) is 0 Å². The van der Waals surface area contributed by atoms with Gasteiger partial charge < -0.3 is 14.6 Å². The van der Waals surface area contributed by atoms with Gasteiger partial charge in [0.1, 0.15) is 12.4 Å². The molecule has 6 heteroatoms. The van der Waals surface area contributed by atoms with Crippen LogP contribution in [0.15, 0.2) is 39.8 Å². The molecule has 5 nitrogen and oxygen atoms in total. The number of aromatic nitrogens is 1. The molecule has 1 heterocycles. The van der Waals surface area contributed by atoms with Crippen molar-refractivity contribution >= 4 is 38.8 Å². The molecule has 3 aromatic rings. The number of H-pyrrole nitrogens is 1. The molecule has 0 radical (unpaired) electrons. The summed E-state index contributed by atoms with van der Waals surface area (Å²) < 4.78 is 6.98. The van der Waals surface area contributed by atoms with Gasteiger partial charge in [-0.15, -0.1) is 0 Å². The Morgan fingerprint density at radius 3 is 2.62 bits per heavy atom. The van der Waals surface area contributed by atoms with Crippen LogP contribution in [-0.2, 0) is 5.41 Å². The molecule has 0 spiro atoms. The number of hydrogen-bond acceptors (Lipinski definition) is 4. The highest BCUT2D eigenvalue weighted by Gasteiger charge is 2.40. The summed E-state index contributed by atoms with van der Waals surface area (Å²) in [4.78, 5) is 23.6. The van der Waals surface area contributed by atoms with E-state index in [1.807, 2.05) is 36.5 Å². The van der Waals surface area contributed by atoms with E-state index in [-0.39, 0.29) is 11.2 Å². The van der Waals surface area contributed by atoms with E-state index in [2.05, 4.69) is 58.5 Å². The first-order chi connectivity index (χ1) is 15.3. The predicted octanol–water partition coefficient (Wildman–Crippen LogP) is 5.57. The Morgan fingerprint density at radius 2 is 1.94 bits per heavy atom.